The Hall–Kier alpha value is -4.61. The van der Waals surface area contributed by atoms with E-state index >= 15 is 0 Å². The zero-order valence-electron chi connectivity index (χ0n) is 21.9. The molecule has 0 aliphatic rings. The first kappa shape index (κ1) is 27.0. The molecule has 4 heterocycles. The minimum Gasteiger partial charge on any atom is -0.462 e. The number of carbonyl (C=O) groups excluding carboxylic acids is 2. The number of rotatable bonds is 7. The normalized spacial score (nSPS) is 11.8. The van der Waals surface area contributed by atoms with E-state index in [0.717, 1.165) is 0 Å². The Morgan fingerprint density at radius 2 is 1.93 bits per heavy atom. The lowest BCUT2D eigenvalue weighted by atomic mass is 10.1. The third-order valence-corrected chi connectivity index (χ3v) is 6.55. The molecular formula is C28H24ClN5O6. The quantitative estimate of drug-likeness (QED) is 0.216. The van der Waals surface area contributed by atoms with Crippen LogP contribution in [0.25, 0.3) is 27.9 Å². The standard InChI is InChI=1S/C28H24ClN5O6/c1-4-39-28(37)19-15-18-24(30-21-11-7-8-12-33(21)27(18)36)34(13-14-38-3)25(19)31-26(35)22-16(2)40-32-23(22)17-9-5-6-10-20(17)29/h5-12,15H,4,13-14H2,1-3H3. The van der Waals surface area contributed by atoms with E-state index in [1.54, 1.807) is 62.5 Å². The Morgan fingerprint density at radius 1 is 1.15 bits per heavy atom. The van der Waals surface area contributed by atoms with Crippen molar-refractivity contribution < 1.29 is 23.6 Å². The van der Waals surface area contributed by atoms with Crippen molar-refractivity contribution in [3.8, 4) is 11.3 Å². The lowest BCUT2D eigenvalue weighted by Crippen LogP contribution is -2.33. The molecule has 11 nitrogen and oxygen atoms in total. The molecule has 204 valence electrons. The maximum absolute atomic E-state index is 13.8. The molecule has 0 saturated carbocycles. The van der Waals surface area contributed by atoms with Gasteiger partial charge in [-0.05, 0) is 38.1 Å². The lowest BCUT2D eigenvalue weighted by molar-refractivity contribution is 0.0523. The van der Waals surface area contributed by atoms with Crippen LogP contribution in [0.5, 0.6) is 0 Å². The number of methoxy groups -OCH3 is 1. The number of fused-ring (bicyclic) bond motifs is 2. The molecule has 0 radical (unpaired) electrons. The van der Waals surface area contributed by atoms with Crippen molar-refractivity contribution in [2.24, 2.45) is 4.99 Å². The molecule has 0 fully saturated rings. The van der Waals surface area contributed by atoms with Crippen LogP contribution in [0.15, 0.2) is 69.0 Å². The Balaban J connectivity index is 1.84. The highest BCUT2D eigenvalue weighted by molar-refractivity contribution is 6.33. The number of aromatic nitrogens is 4. The summed E-state index contributed by atoms with van der Waals surface area (Å²) >= 11 is 6.37. The smallest absolute Gasteiger partial charge is 0.341 e. The van der Waals surface area contributed by atoms with Crippen molar-refractivity contribution >= 4 is 40.2 Å². The third kappa shape index (κ3) is 4.80. The van der Waals surface area contributed by atoms with E-state index in [4.69, 9.17) is 25.6 Å². The van der Waals surface area contributed by atoms with Crippen LogP contribution < -0.4 is 11.0 Å². The summed E-state index contributed by atoms with van der Waals surface area (Å²) in [5.41, 5.74) is 0.842. The highest BCUT2D eigenvalue weighted by Crippen LogP contribution is 2.31. The number of hydrogen-bond acceptors (Lipinski definition) is 8. The van der Waals surface area contributed by atoms with Gasteiger partial charge in [0.05, 0.1) is 23.6 Å². The van der Waals surface area contributed by atoms with Gasteiger partial charge in [0.15, 0.2) is 5.49 Å². The molecule has 0 aliphatic heterocycles. The van der Waals surface area contributed by atoms with Crippen LogP contribution in [-0.4, -0.2) is 51.3 Å². The van der Waals surface area contributed by atoms with Crippen LogP contribution in [0, 0.1) is 6.92 Å². The molecule has 5 aromatic rings. The van der Waals surface area contributed by atoms with Gasteiger partial charge in [-0.25, -0.2) is 9.78 Å². The van der Waals surface area contributed by atoms with E-state index in [1.807, 2.05) is 0 Å². The van der Waals surface area contributed by atoms with Crippen LogP contribution >= 0.6 is 11.6 Å². The zero-order valence-corrected chi connectivity index (χ0v) is 22.6. The first-order valence-corrected chi connectivity index (χ1v) is 12.7. The fraction of sp³-hybridized carbons (Fsp3) is 0.214. The second-order valence-corrected chi connectivity index (χ2v) is 9.10. The summed E-state index contributed by atoms with van der Waals surface area (Å²) < 4.78 is 18.8. The molecule has 0 aliphatic carbocycles. The number of benzene rings is 1. The summed E-state index contributed by atoms with van der Waals surface area (Å²) in [5, 5.41) is 4.56. The van der Waals surface area contributed by atoms with E-state index in [-0.39, 0.29) is 58.9 Å². The number of aryl methyl sites for hydroxylation is 1. The van der Waals surface area contributed by atoms with E-state index in [2.05, 4.69) is 15.1 Å². The van der Waals surface area contributed by atoms with Crippen molar-refractivity contribution in [1.29, 1.82) is 0 Å². The van der Waals surface area contributed by atoms with Crippen molar-refractivity contribution in [2.45, 2.75) is 20.4 Å². The summed E-state index contributed by atoms with van der Waals surface area (Å²) in [6, 6.07) is 13.4. The Kier molecular flexibility index (Phi) is 7.58. The molecule has 1 amide bonds. The first-order chi connectivity index (χ1) is 19.3. The number of ether oxygens (including phenoxy) is 2. The van der Waals surface area contributed by atoms with Gasteiger partial charge in [-0.2, -0.15) is 4.99 Å². The van der Waals surface area contributed by atoms with Gasteiger partial charge in [-0.1, -0.05) is 41.0 Å². The molecule has 5 rings (SSSR count). The van der Waals surface area contributed by atoms with Gasteiger partial charge in [0.1, 0.15) is 33.9 Å². The zero-order chi connectivity index (χ0) is 28.4. The van der Waals surface area contributed by atoms with Crippen molar-refractivity contribution in [1.82, 2.24) is 19.1 Å². The van der Waals surface area contributed by atoms with Gasteiger partial charge in [0, 0.05) is 25.4 Å². The molecule has 1 aromatic carbocycles. The summed E-state index contributed by atoms with van der Waals surface area (Å²) in [4.78, 5) is 49.4. The molecule has 0 N–H and O–H groups in total. The monoisotopic (exact) mass is 561 g/mol. The van der Waals surface area contributed by atoms with Gasteiger partial charge in [0.2, 0.25) is 0 Å². The number of halogens is 1. The molecule has 40 heavy (non-hydrogen) atoms. The number of amides is 1. The first-order valence-electron chi connectivity index (χ1n) is 12.4. The topological polar surface area (TPSA) is 130 Å². The summed E-state index contributed by atoms with van der Waals surface area (Å²) in [5.74, 6) is -1.27. The molecule has 0 unspecified atom stereocenters. The van der Waals surface area contributed by atoms with E-state index in [9.17, 15) is 14.4 Å². The van der Waals surface area contributed by atoms with E-state index < -0.39 is 17.4 Å². The highest BCUT2D eigenvalue weighted by atomic mass is 35.5. The van der Waals surface area contributed by atoms with Gasteiger partial charge in [-0.3, -0.25) is 14.0 Å². The van der Waals surface area contributed by atoms with Crippen molar-refractivity contribution in [2.75, 3.05) is 20.3 Å². The fourth-order valence-electron chi connectivity index (χ4n) is 4.36. The molecular weight excluding hydrogens is 538 g/mol. The van der Waals surface area contributed by atoms with Gasteiger partial charge < -0.3 is 18.6 Å². The maximum atomic E-state index is 13.8. The summed E-state index contributed by atoms with van der Waals surface area (Å²) in [6.45, 7) is 3.60. The average Bonchev–Trinajstić information content (AvgIpc) is 3.33. The number of nitrogens with zero attached hydrogens (tertiary/aromatic N) is 5. The molecule has 0 spiro atoms. The maximum Gasteiger partial charge on any atom is 0.341 e. The van der Waals surface area contributed by atoms with Crippen LogP contribution in [0.4, 0.5) is 0 Å². The largest absolute Gasteiger partial charge is 0.462 e. The van der Waals surface area contributed by atoms with E-state index in [1.165, 1.54) is 22.1 Å². The van der Waals surface area contributed by atoms with Crippen molar-refractivity contribution in [3.05, 3.63) is 92.5 Å². The molecule has 0 atom stereocenters. The predicted molar refractivity (Wildman–Crippen MR) is 146 cm³/mol. The minimum atomic E-state index is -0.756. The van der Waals surface area contributed by atoms with Crippen molar-refractivity contribution in [3.63, 3.8) is 0 Å². The second kappa shape index (κ2) is 11.2. The number of hydrogen-bond donors (Lipinski definition) is 0. The van der Waals surface area contributed by atoms with Crippen LogP contribution in [-0.2, 0) is 16.0 Å². The van der Waals surface area contributed by atoms with Gasteiger partial charge >= 0.3 is 5.97 Å². The SMILES string of the molecule is CCOC(=O)c1cc2c(=O)n3ccccc3nc2n(CCOC)c1=NC(=O)c1c(-c2ccccc2Cl)noc1C. The summed E-state index contributed by atoms with van der Waals surface area (Å²) in [7, 11) is 1.51. The molecule has 12 heteroatoms. The van der Waals surface area contributed by atoms with Crippen LogP contribution in [0.3, 0.4) is 0 Å². The average molecular weight is 562 g/mol. The fourth-order valence-corrected chi connectivity index (χ4v) is 4.59. The van der Waals surface area contributed by atoms with E-state index in [0.29, 0.717) is 16.2 Å². The highest BCUT2D eigenvalue weighted by Gasteiger charge is 2.25. The predicted octanol–water partition coefficient (Wildman–Crippen LogP) is 3.83. The van der Waals surface area contributed by atoms with Crippen LogP contribution in [0.1, 0.15) is 33.4 Å². The summed E-state index contributed by atoms with van der Waals surface area (Å²) in [6.07, 6.45) is 1.58. The second-order valence-electron chi connectivity index (χ2n) is 8.69. The number of pyridine rings is 2. The van der Waals surface area contributed by atoms with Crippen LogP contribution in [0.2, 0.25) is 5.02 Å². The Bertz CT molecular complexity index is 1910. The lowest BCUT2D eigenvalue weighted by Gasteiger charge is -2.15. The molecule has 0 bridgehead atoms. The number of esters is 1. The third-order valence-electron chi connectivity index (χ3n) is 6.22. The Labute approximate surface area is 232 Å². The van der Waals surface area contributed by atoms with Gasteiger partial charge in [-0.15, -0.1) is 0 Å². The van der Waals surface area contributed by atoms with Gasteiger partial charge in [0.25, 0.3) is 11.5 Å². The Morgan fingerprint density at radius 3 is 2.67 bits per heavy atom. The molecule has 0 saturated heterocycles. The minimum absolute atomic E-state index is 0.0501. The number of carbonyl (C=O) groups is 2. The molecule has 4 aromatic heterocycles.